The van der Waals surface area contributed by atoms with Gasteiger partial charge in [-0.25, -0.2) is 0 Å². The molecule has 1 unspecified atom stereocenters. The van der Waals surface area contributed by atoms with Crippen LogP contribution < -0.4 is 0 Å². The Morgan fingerprint density at radius 1 is 1.45 bits per heavy atom. The molecule has 3 heteroatoms. The molecule has 11 heavy (non-hydrogen) atoms. The lowest BCUT2D eigenvalue weighted by Crippen LogP contribution is -1.97. The Morgan fingerprint density at radius 2 is 2.09 bits per heavy atom. The van der Waals surface area contributed by atoms with Gasteiger partial charge in [0.1, 0.15) is 0 Å². The third-order valence-electron chi connectivity index (χ3n) is 1.37. The first-order valence-corrected chi connectivity index (χ1v) is 3.56. The van der Waals surface area contributed by atoms with Crippen molar-refractivity contribution in [2.45, 2.75) is 6.29 Å². The topological polar surface area (TPSA) is 29.1 Å². The molecule has 1 rings (SSSR count). The molecule has 0 fully saturated rings. The van der Waals surface area contributed by atoms with Gasteiger partial charge in [-0.3, -0.25) is 0 Å². The molecule has 0 heterocycles. The molecule has 59 valence electrons. The maximum Gasteiger partial charge on any atom is 0.218 e. The second kappa shape index (κ2) is 3.72. The van der Waals surface area contributed by atoms with Crippen LogP contribution in [-0.4, -0.2) is 7.11 Å². The first-order chi connectivity index (χ1) is 5.25. The molecule has 0 aromatic heterocycles. The number of halogens is 1. The molecule has 1 radical (unpaired) electrons. The normalized spacial score (nSPS) is 13.0. The molecule has 1 aromatic carbocycles. The Labute approximate surface area is 70.4 Å². The van der Waals surface area contributed by atoms with Crippen molar-refractivity contribution in [1.82, 2.24) is 0 Å². The van der Waals surface area contributed by atoms with E-state index in [-0.39, 0.29) is 0 Å². The largest absolute Gasteiger partial charge is 0.349 e. The second-order valence-corrected chi connectivity index (χ2v) is 2.50. The quantitative estimate of drug-likeness (QED) is 0.629. The van der Waals surface area contributed by atoms with Gasteiger partial charge in [0.05, 0.1) is 0 Å². The molecule has 0 aliphatic heterocycles. The minimum absolute atomic E-state index is 0.453. The highest BCUT2D eigenvalue weighted by Crippen LogP contribution is 2.22. The van der Waals surface area contributed by atoms with Crippen molar-refractivity contribution in [2.24, 2.45) is 0 Å². The van der Waals surface area contributed by atoms with Gasteiger partial charge >= 0.3 is 0 Å². The minimum atomic E-state index is -1.18. The van der Waals surface area contributed by atoms with Crippen LogP contribution in [0, 0.1) is 0 Å². The molecule has 1 atom stereocenters. The summed E-state index contributed by atoms with van der Waals surface area (Å²) in [6.45, 7) is 0. The summed E-state index contributed by atoms with van der Waals surface area (Å²) in [6, 6.07) is 6.85. The minimum Gasteiger partial charge on any atom is -0.349 e. The Bertz CT molecular complexity index is 237. The zero-order valence-electron chi connectivity index (χ0n) is 6.08. The van der Waals surface area contributed by atoms with Crippen LogP contribution in [0.3, 0.4) is 0 Å². The van der Waals surface area contributed by atoms with Crippen molar-refractivity contribution >= 4 is 11.6 Å². The summed E-state index contributed by atoms with van der Waals surface area (Å²) < 4.78 is 4.58. The molecule has 0 aliphatic carbocycles. The molecule has 0 bridgehead atoms. The van der Waals surface area contributed by atoms with E-state index in [9.17, 15) is 5.11 Å². The first kappa shape index (κ1) is 8.53. The summed E-state index contributed by atoms with van der Waals surface area (Å²) >= 11 is 5.72. The van der Waals surface area contributed by atoms with Crippen molar-refractivity contribution in [3.05, 3.63) is 34.9 Å². The number of ether oxygens (including phenoxy) is 1. The van der Waals surface area contributed by atoms with Crippen molar-refractivity contribution in [3.8, 4) is 0 Å². The molecule has 0 amide bonds. The van der Waals surface area contributed by atoms with Crippen molar-refractivity contribution in [3.63, 3.8) is 0 Å². The number of hydrogen-bond donors (Lipinski definition) is 0. The molecule has 0 aliphatic rings. The monoisotopic (exact) mass is 171 g/mol. The lowest BCUT2D eigenvalue weighted by Gasteiger charge is -2.06. The second-order valence-electron chi connectivity index (χ2n) is 2.09. The van der Waals surface area contributed by atoms with E-state index < -0.39 is 6.29 Å². The maximum atomic E-state index is 11.0. The van der Waals surface area contributed by atoms with Gasteiger partial charge in [-0.2, -0.15) is 5.11 Å². The lowest BCUT2D eigenvalue weighted by atomic mass is 10.2. The van der Waals surface area contributed by atoms with Crippen LogP contribution in [0.25, 0.3) is 0 Å². The maximum absolute atomic E-state index is 11.0. The van der Waals surface area contributed by atoms with E-state index in [0.29, 0.717) is 10.6 Å². The molecule has 1 aromatic rings. The van der Waals surface area contributed by atoms with Gasteiger partial charge in [0.25, 0.3) is 0 Å². The van der Waals surface area contributed by atoms with Gasteiger partial charge in [0, 0.05) is 17.7 Å². The number of hydrogen-bond acceptors (Lipinski definition) is 1. The Morgan fingerprint density at radius 3 is 2.64 bits per heavy atom. The van der Waals surface area contributed by atoms with E-state index in [0.717, 1.165) is 0 Å². The summed E-state index contributed by atoms with van der Waals surface area (Å²) in [7, 11) is 1.36. The van der Waals surface area contributed by atoms with Crippen LogP contribution in [0.15, 0.2) is 24.3 Å². The molecule has 0 saturated carbocycles. The molecule has 0 saturated heterocycles. The van der Waals surface area contributed by atoms with Gasteiger partial charge in [0.15, 0.2) is 0 Å². The van der Waals surface area contributed by atoms with E-state index in [1.807, 2.05) is 0 Å². The van der Waals surface area contributed by atoms with Crippen molar-refractivity contribution < 1.29 is 9.84 Å². The zero-order chi connectivity index (χ0) is 8.27. The van der Waals surface area contributed by atoms with E-state index >= 15 is 0 Å². The summed E-state index contributed by atoms with van der Waals surface area (Å²) in [5.74, 6) is 0. The Balaban J connectivity index is 2.93. The third-order valence-corrected chi connectivity index (χ3v) is 1.72. The van der Waals surface area contributed by atoms with Gasteiger partial charge < -0.3 is 4.74 Å². The van der Waals surface area contributed by atoms with Gasteiger partial charge in [-0.05, 0) is 6.07 Å². The SMILES string of the molecule is COC([O])c1ccccc1Cl. The average Bonchev–Trinajstić information content (AvgIpc) is 2.04. The van der Waals surface area contributed by atoms with Gasteiger partial charge in [0.2, 0.25) is 6.29 Å². The molecule has 0 spiro atoms. The van der Waals surface area contributed by atoms with Crippen LogP contribution in [0.1, 0.15) is 11.9 Å². The lowest BCUT2D eigenvalue weighted by molar-refractivity contribution is -0.123. The summed E-state index contributed by atoms with van der Waals surface area (Å²) in [5, 5.41) is 11.5. The molecular formula is C8H8ClO2. The predicted octanol–water partition coefficient (Wildman–Crippen LogP) is 2.42. The van der Waals surface area contributed by atoms with Crippen molar-refractivity contribution in [1.29, 1.82) is 0 Å². The van der Waals surface area contributed by atoms with Gasteiger partial charge in [-0.15, -0.1) is 0 Å². The fraction of sp³-hybridized carbons (Fsp3) is 0.250. The predicted molar refractivity (Wildman–Crippen MR) is 41.9 cm³/mol. The first-order valence-electron chi connectivity index (χ1n) is 3.18. The Kier molecular flexibility index (Phi) is 2.88. The van der Waals surface area contributed by atoms with E-state index in [4.69, 9.17) is 11.6 Å². The Hall–Kier alpha value is -0.570. The highest BCUT2D eigenvalue weighted by atomic mass is 35.5. The van der Waals surface area contributed by atoms with Crippen LogP contribution in [0.4, 0.5) is 0 Å². The molecule has 0 N–H and O–H groups in total. The van der Waals surface area contributed by atoms with Crippen LogP contribution in [0.5, 0.6) is 0 Å². The van der Waals surface area contributed by atoms with Crippen molar-refractivity contribution in [2.75, 3.05) is 7.11 Å². The zero-order valence-corrected chi connectivity index (χ0v) is 6.84. The fourth-order valence-corrected chi connectivity index (χ4v) is 1.02. The van der Waals surface area contributed by atoms with E-state index in [1.54, 1.807) is 24.3 Å². The smallest absolute Gasteiger partial charge is 0.218 e. The highest BCUT2D eigenvalue weighted by Gasteiger charge is 2.09. The standard InChI is InChI=1S/C8H8ClO2/c1-11-8(10)6-4-2-3-5-7(6)9/h2-5,8H,1H3. The molecular weight excluding hydrogens is 164 g/mol. The number of rotatable bonds is 2. The summed E-state index contributed by atoms with van der Waals surface area (Å²) in [5.41, 5.74) is 0.483. The summed E-state index contributed by atoms with van der Waals surface area (Å²) in [6.07, 6.45) is -1.18. The average molecular weight is 172 g/mol. The van der Waals surface area contributed by atoms with Gasteiger partial charge in [-0.1, -0.05) is 29.8 Å². The fourth-order valence-electron chi connectivity index (χ4n) is 0.793. The van der Waals surface area contributed by atoms with Crippen LogP contribution in [0.2, 0.25) is 5.02 Å². The molecule has 2 nitrogen and oxygen atoms in total. The van der Waals surface area contributed by atoms with Crippen LogP contribution in [-0.2, 0) is 9.84 Å². The number of benzene rings is 1. The van der Waals surface area contributed by atoms with E-state index in [2.05, 4.69) is 4.74 Å². The highest BCUT2D eigenvalue weighted by molar-refractivity contribution is 6.31. The summed E-state index contributed by atoms with van der Waals surface area (Å²) in [4.78, 5) is 0. The number of methoxy groups -OCH3 is 1. The van der Waals surface area contributed by atoms with Crippen LogP contribution >= 0.6 is 11.6 Å². The third kappa shape index (κ3) is 1.93. The van der Waals surface area contributed by atoms with E-state index in [1.165, 1.54) is 7.11 Å².